The molecule has 0 saturated heterocycles. The zero-order valence-corrected chi connectivity index (χ0v) is 32.0. The number of nitrogens with zero attached hydrogens (tertiary/aromatic N) is 3. The Morgan fingerprint density at radius 2 is 1.52 bits per heavy atom. The number of benzene rings is 2. The van der Waals surface area contributed by atoms with Crippen LogP contribution in [0.25, 0.3) is 0 Å². The lowest BCUT2D eigenvalue weighted by Gasteiger charge is -2.16. The number of hydrogen-bond donors (Lipinski definition) is 4. The molecule has 0 radical (unpaired) electrons. The van der Waals surface area contributed by atoms with Crippen LogP contribution in [0.1, 0.15) is 85.9 Å². The van der Waals surface area contributed by atoms with E-state index in [9.17, 15) is 9.59 Å². The molecule has 0 spiro atoms. The Hall–Kier alpha value is -4.92. The van der Waals surface area contributed by atoms with Gasteiger partial charge in [0.2, 0.25) is 5.84 Å². The molecule has 14 nitrogen and oxygen atoms in total. The third-order valence-corrected chi connectivity index (χ3v) is 8.49. The van der Waals surface area contributed by atoms with Crippen LogP contribution >= 0.6 is 0 Å². The smallest absolute Gasteiger partial charge is 0.305 e. The zero-order chi connectivity index (χ0) is 38.8. The Morgan fingerprint density at radius 1 is 0.852 bits per heavy atom. The minimum Gasteiger partial charge on any atom is -0.494 e. The standard InChI is InChI=1S/C40H57N7O7/c1-31(46-40(49)33-14-11-15-34(27-33)44-29-37(41)47(2)39(42)36-18-19-43-30-45-36)32-13-12-16-35(28-32)54-22-10-5-4-8-20-51-23-25-53-26-24-52-21-9-6-7-17-38(48)50-3/h11-16,18-19,27-28,30-31,41-42,44H,4-10,17,20-26,29H2,1-3H3,(H,46,49)/p+1/t31-/m1/s1. The first-order chi connectivity index (χ1) is 26.3. The highest BCUT2D eigenvalue weighted by atomic mass is 16.5. The summed E-state index contributed by atoms with van der Waals surface area (Å²) in [5, 5.41) is 14.6. The first-order valence-corrected chi connectivity index (χ1v) is 18.7. The molecular weight excluding hydrogens is 690 g/mol. The second kappa shape index (κ2) is 26.0. The van der Waals surface area contributed by atoms with Gasteiger partial charge in [0, 0.05) is 37.1 Å². The number of ether oxygens (including phenoxy) is 5. The van der Waals surface area contributed by atoms with Gasteiger partial charge in [-0.1, -0.05) is 31.0 Å². The number of hydrogen-bond acceptors (Lipinski definition) is 11. The van der Waals surface area contributed by atoms with Crippen molar-refractivity contribution >= 4 is 29.2 Å². The molecule has 0 saturated carbocycles. The molecule has 0 aliphatic rings. The number of nitrogens with one attached hydrogen (secondary N) is 3. The molecule has 1 heterocycles. The molecule has 0 unspecified atom stereocenters. The summed E-state index contributed by atoms with van der Waals surface area (Å²) in [6.07, 6.45) is 10.2. The highest BCUT2D eigenvalue weighted by Crippen LogP contribution is 2.21. The predicted molar refractivity (Wildman–Crippen MR) is 208 cm³/mol. The van der Waals surface area contributed by atoms with Gasteiger partial charge in [0.25, 0.3) is 11.7 Å². The van der Waals surface area contributed by atoms with Gasteiger partial charge in [0.05, 0.1) is 53.2 Å². The van der Waals surface area contributed by atoms with Crippen LogP contribution in [0.15, 0.2) is 67.1 Å². The van der Waals surface area contributed by atoms with E-state index in [0.717, 1.165) is 61.9 Å². The minimum atomic E-state index is -0.233. The average Bonchev–Trinajstić information content (AvgIpc) is 3.20. The number of aromatic nitrogens is 2. The molecule has 294 valence electrons. The first-order valence-electron chi connectivity index (χ1n) is 18.7. The molecular formula is C40H58N7O7+. The molecule has 0 bridgehead atoms. The van der Waals surface area contributed by atoms with Crippen LogP contribution in [0.4, 0.5) is 5.69 Å². The number of rotatable bonds is 27. The second-order valence-electron chi connectivity index (χ2n) is 12.7. The number of amidine groups is 2. The van der Waals surface area contributed by atoms with Gasteiger partial charge in [0.1, 0.15) is 24.3 Å². The Labute approximate surface area is 319 Å². The summed E-state index contributed by atoms with van der Waals surface area (Å²) < 4.78 is 28.9. The summed E-state index contributed by atoms with van der Waals surface area (Å²) in [5.41, 5.74) is 8.89. The van der Waals surface area contributed by atoms with Crippen molar-refractivity contribution in [3.8, 4) is 5.75 Å². The molecule has 1 amide bonds. The maximum Gasteiger partial charge on any atom is 0.305 e. The number of carbonyl (C=O) groups is 2. The molecule has 0 aliphatic heterocycles. The number of anilines is 1. The summed E-state index contributed by atoms with van der Waals surface area (Å²) in [6, 6.07) is 16.4. The predicted octanol–water partition coefficient (Wildman–Crippen LogP) is 5.13. The fourth-order valence-electron chi connectivity index (χ4n) is 5.21. The third kappa shape index (κ3) is 17.3. The van der Waals surface area contributed by atoms with Crippen LogP contribution in [-0.2, 0) is 23.7 Å². The van der Waals surface area contributed by atoms with Crippen LogP contribution in [-0.4, -0.2) is 105 Å². The Bertz CT molecular complexity index is 1590. The van der Waals surface area contributed by atoms with Gasteiger partial charge < -0.3 is 40.1 Å². The van der Waals surface area contributed by atoms with Crippen LogP contribution in [0.3, 0.4) is 0 Å². The van der Waals surface area contributed by atoms with Gasteiger partial charge in [-0.05, 0) is 81.0 Å². The molecule has 3 rings (SSSR count). The topological polar surface area (TPSA) is 183 Å². The van der Waals surface area contributed by atoms with Crippen molar-refractivity contribution in [2.45, 2.75) is 64.3 Å². The van der Waals surface area contributed by atoms with Crippen molar-refractivity contribution in [3.05, 3.63) is 83.9 Å². The van der Waals surface area contributed by atoms with E-state index in [4.69, 9.17) is 30.1 Å². The summed E-state index contributed by atoms with van der Waals surface area (Å²) >= 11 is 0. The number of carbonyl (C=O) groups excluding carboxylic acids is 2. The van der Waals surface area contributed by atoms with Crippen LogP contribution in [0.5, 0.6) is 5.75 Å². The van der Waals surface area contributed by atoms with E-state index in [1.807, 2.05) is 43.3 Å². The van der Waals surface area contributed by atoms with Crippen molar-refractivity contribution in [2.75, 3.05) is 72.3 Å². The normalized spacial score (nSPS) is 12.1. The van der Waals surface area contributed by atoms with Gasteiger partial charge in [-0.2, -0.15) is 5.41 Å². The quantitative estimate of drug-likeness (QED) is 0.0267. The second-order valence-corrected chi connectivity index (χ2v) is 12.7. The van der Waals surface area contributed by atoms with Gasteiger partial charge >= 0.3 is 5.97 Å². The number of amides is 1. The van der Waals surface area contributed by atoms with Crippen molar-refractivity contribution in [2.24, 2.45) is 5.73 Å². The van der Waals surface area contributed by atoms with E-state index in [0.29, 0.717) is 69.8 Å². The largest absolute Gasteiger partial charge is 0.494 e. The van der Waals surface area contributed by atoms with Gasteiger partial charge in [-0.25, -0.2) is 14.5 Å². The van der Waals surface area contributed by atoms with E-state index in [1.165, 1.54) is 13.4 Å². The monoisotopic (exact) mass is 748 g/mol. The fraction of sp³-hybridized carbons (Fsp3) is 0.500. The Morgan fingerprint density at radius 3 is 2.20 bits per heavy atom. The molecule has 54 heavy (non-hydrogen) atoms. The fourth-order valence-corrected chi connectivity index (χ4v) is 5.21. The average molecular weight is 749 g/mol. The maximum atomic E-state index is 13.2. The van der Waals surface area contributed by atoms with E-state index in [2.05, 4.69) is 25.3 Å². The number of esters is 1. The number of methoxy groups -OCH3 is 1. The van der Waals surface area contributed by atoms with E-state index >= 15 is 0 Å². The molecule has 1 aromatic heterocycles. The highest BCUT2D eigenvalue weighted by molar-refractivity contribution is 5.96. The van der Waals surface area contributed by atoms with Gasteiger partial charge in [0.15, 0.2) is 0 Å². The Kier molecular flexibility index (Phi) is 20.9. The number of nitrogens with two attached hydrogens (primary N) is 1. The van der Waals surface area contributed by atoms with Crippen molar-refractivity contribution in [1.29, 1.82) is 5.41 Å². The highest BCUT2D eigenvalue weighted by Gasteiger charge is 2.15. The van der Waals surface area contributed by atoms with Crippen LogP contribution in [0.2, 0.25) is 0 Å². The molecule has 2 aromatic carbocycles. The minimum absolute atomic E-state index is 0.154. The van der Waals surface area contributed by atoms with E-state index < -0.39 is 0 Å². The lowest BCUT2D eigenvalue weighted by molar-refractivity contribution is -0.373. The lowest BCUT2D eigenvalue weighted by atomic mass is 10.1. The zero-order valence-electron chi connectivity index (χ0n) is 32.0. The Balaban J connectivity index is 1.24. The maximum absolute atomic E-state index is 13.2. The van der Waals surface area contributed by atoms with Crippen molar-refractivity contribution in [1.82, 2.24) is 15.3 Å². The van der Waals surface area contributed by atoms with Gasteiger partial charge in [-0.3, -0.25) is 9.59 Å². The molecule has 3 aromatic rings. The molecule has 1 atom stereocenters. The molecule has 0 fully saturated rings. The molecule has 5 N–H and O–H groups in total. The molecule has 14 heteroatoms. The van der Waals surface area contributed by atoms with Crippen LogP contribution < -0.4 is 21.1 Å². The van der Waals surface area contributed by atoms with Gasteiger partial charge in [-0.15, -0.1) is 0 Å². The van der Waals surface area contributed by atoms with E-state index in [-0.39, 0.29) is 30.3 Å². The van der Waals surface area contributed by atoms with Crippen molar-refractivity contribution in [3.63, 3.8) is 0 Å². The number of unbranched alkanes of at least 4 members (excludes halogenated alkanes) is 5. The SMILES string of the molecule is COC(=O)CCCCCOCCOCCOCCCCCCOc1cccc([C@@H](C)NC(=O)c2cccc(NCC(N)=[N+](C)C(=N)c3ccncn3)c2)c1. The summed E-state index contributed by atoms with van der Waals surface area (Å²) in [7, 11) is 3.11. The molecule has 0 aliphatic carbocycles. The van der Waals surface area contributed by atoms with E-state index in [1.54, 1.807) is 36.0 Å². The summed E-state index contributed by atoms with van der Waals surface area (Å²) in [6.45, 7) is 6.45. The summed E-state index contributed by atoms with van der Waals surface area (Å²) in [5.74, 6) is 0.989. The lowest BCUT2D eigenvalue weighted by Crippen LogP contribution is -2.36. The first kappa shape index (κ1) is 43.5. The third-order valence-electron chi connectivity index (χ3n) is 8.49. The van der Waals surface area contributed by atoms with Crippen molar-refractivity contribution < 1.29 is 37.8 Å². The van der Waals surface area contributed by atoms with Crippen LogP contribution in [0, 0.1) is 5.41 Å². The summed E-state index contributed by atoms with van der Waals surface area (Å²) in [4.78, 5) is 32.2.